The van der Waals surface area contributed by atoms with Gasteiger partial charge in [0.25, 0.3) is 0 Å². The summed E-state index contributed by atoms with van der Waals surface area (Å²) < 4.78 is 6.09. The molecule has 2 heteroatoms. The molecule has 0 N–H and O–H groups in total. The van der Waals surface area contributed by atoms with Crippen molar-refractivity contribution in [2.24, 2.45) is 5.41 Å². The third-order valence-electron chi connectivity index (χ3n) is 4.19. The van der Waals surface area contributed by atoms with Crippen LogP contribution in [0.1, 0.15) is 52.0 Å². The van der Waals surface area contributed by atoms with Crippen molar-refractivity contribution in [2.75, 3.05) is 11.9 Å². The van der Waals surface area contributed by atoms with E-state index >= 15 is 0 Å². The van der Waals surface area contributed by atoms with Crippen molar-refractivity contribution in [1.82, 2.24) is 0 Å². The summed E-state index contributed by atoms with van der Waals surface area (Å²) in [6.45, 7) is 7.56. The van der Waals surface area contributed by atoms with Crippen LogP contribution in [0.5, 0.6) is 5.75 Å². The number of hydrogen-bond donors (Lipinski definition) is 0. The summed E-state index contributed by atoms with van der Waals surface area (Å²) in [5.74, 6) is 1.01. The predicted octanol–water partition coefficient (Wildman–Crippen LogP) is 5.32. The van der Waals surface area contributed by atoms with Gasteiger partial charge in [0.15, 0.2) is 0 Å². The molecule has 0 aliphatic heterocycles. The Morgan fingerprint density at radius 1 is 1.21 bits per heavy atom. The Kier molecular flexibility index (Phi) is 4.60. The first-order valence-corrected chi connectivity index (χ1v) is 8.37. The van der Waals surface area contributed by atoms with Gasteiger partial charge in [0.2, 0.25) is 0 Å². The highest BCUT2D eigenvalue weighted by Gasteiger charge is 2.33. The van der Waals surface area contributed by atoms with E-state index < -0.39 is 0 Å². The SMILES string of the molecule is CC(C)(C)c1cccc(OCC2(CBr)CCCC2)c1. The second-order valence-corrected chi connectivity index (χ2v) is 7.47. The molecule has 0 spiro atoms. The fourth-order valence-corrected chi connectivity index (χ4v) is 3.45. The molecule has 106 valence electrons. The lowest BCUT2D eigenvalue weighted by Gasteiger charge is -2.27. The first kappa shape index (κ1) is 14.9. The van der Waals surface area contributed by atoms with Crippen LogP contribution >= 0.6 is 15.9 Å². The predicted molar refractivity (Wildman–Crippen MR) is 85.3 cm³/mol. The average Bonchev–Trinajstić information content (AvgIpc) is 2.85. The first-order chi connectivity index (χ1) is 8.95. The van der Waals surface area contributed by atoms with Crippen molar-refractivity contribution in [3.8, 4) is 5.75 Å². The molecular weight excluding hydrogens is 300 g/mol. The molecule has 1 saturated carbocycles. The zero-order valence-corrected chi connectivity index (χ0v) is 13.9. The standard InChI is InChI=1S/C17H25BrO/c1-16(2,3)14-7-6-8-15(11-14)19-13-17(12-18)9-4-5-10-17/h6-8,11H,4-5,9-10,12-13H2,1-3H3. The topological polar surface area (TPSA) is 9.23 Å². The van der Waals surface area contributed by atoms with Crippen molar-refractivity contribution in [2.45, 2.75) is 51.9 Å². The molecule has 0 amide bonds. The molecule has 1 aromatic carbocycles. The van der Waals surface area contributed by atoms with Gasteiger partial charge in [-0.2, -0.15) is 0 Å². The maximum absolute atomic E-state index is 6.09. The van der Waals surface area contributed by atoms with E-state index in [2.05, 4.69) is 61.0 Å². The number of ether oxygens (including phenoxy) is 1. The average molecular weight is 325 g/mol. The summed E-state index contributed by atoms with van der Waals surface area (Å²) in [4.78, 5) is 0. The molecule has 1 aromatic rings. The fraction of sp³-hybridized carbons (Fsp3) is 0.647. The highest BCUT2D eigenvalue weighted by atomic mass is 79.9. The number of hydrogen-bond acceptors (Lipinski definition) is 1. The summed E-state index contributed by atoms with van der Waals surface area (Å²) in [6.07, 6.45) is 5.27. The molecule has 0 atom stereocenters. The number of rotatable bonds is 4. The summed E-state index contributed by atoms with van der Waals surface area (Å²) in [5.41, 5.74) is 1.88. The normalized spacial score (nSPS) is 18.5. The Labute approximate surface area is 125 Å². The number of alkyl halides is 1. The van der Waals surface area contributed by atoms with Crippen LogP contribution in [0.3, 0.4) is 0 Å². The van der Waals surface area contributed by atoms with Crippen LogP contribution in [0.25, 0.3) is 0 Å². The molecule has 0 bridgehead atoms. The van der Waals surface area contributed by atoms with Crippen LogP contribution in [0.4, 0.5) is 0 Å². The minimum Gasteiger partial charge on any atom is -0.493 e. The van der Waals surface area contributed by atoms with Crippen LogP contribution < -0.4 is 4.74 Å². The summed E-state index contributed by atoms with van der Waals surface area (Å²) in [6, 6.07) is 8.55. The van der Waals surface area contributed by atoms with E-state index in [1.165, 1.54) is 31.2 Å². The van der Waals surface area contributed by atoms with E-state index in [-0.39, 0.29) is 5.41 Å². The van der Waals surface area contributed by atoms with Gasteiger partial charge in [-0.25, -0.2) is 0 Å². The molecule has 19 heavy (non-hydrogen) atoms. The second kappa shape index (κ2) is 5.87. The quantitative estimate of drug-likeness (QED) is 0.681. The minimum absolute atomic E-state index is 0.180. The lowest BCUT2D eigenvalue weighted by Crippen LogP contribution is -2.27. The third kappa shape index (κ3) is 3.75. The fourth-order valence-electron chi connectivity index (χ4n) is 2.73. The van der Waals surface area contributed by atoms with Gasteiger partial charge in [0, 0.05) is 10.7 Å². The maximum atomic E-state index is 6.09. The first-order valence-electron chi connectivity index (χ1n) is 7.25. The molecule has 0 radical (unpaired) electrons. The van der Waals surface area contributed by atoms with Gasteiger partial charge >= 0.3 is 0 Å². The van der Waals surface area contributed by atoms with Crippen LogP contribution in [0.2, 0.25) is 0 Å². The molecule has 1 aliphatic rings. The molecule has 0 saturated heterocycles. The Hall–Kier alpha value is -0.500. The van der Waals surface area contributed by atoms with Crippen LogP contribution in [-0.4, -0.2) is 11.9 Å². The summed E-state index contributed by atoms with van der Waals surface area (Å²) in [5, 5.41) is 1.05. The highest BCUT2D eigenvalue weighted by Crippen LogP contribution is 2.40. The van der Waals surface area contributed by atoms with E-state index in [1.807, 2.05) is 0 Å². The minimum atomic E-state index is 0.180. The van der Waals surface area contributed by atoms with Crippen LogP contribution in [-0.2, 0) is 5.41 Å². The van der Waals surface area contributed by atoms with E-state index in [4.69, 9.17) is 4.74 Å². The zero-order valence-electron chi connectivity index (χ0n) is 12.3. The maximum Gasteiger partial charge on any atom is 0.119 e. The van der Waals surface area contributed by atoms with Gasteiger partial charge in [-0.3, -0.25) is 0 Å². The summed E-state index contributed by atoms with van der Waals surface area (Å²) in [7, 11) is 0. The molecule has 1 aliphatic carbocycles. The monoisotopic (exact) mass is 324 g/mol. The van der Waals surface area contributed by atoms with E-state index in [0.717, 1.165) is 17.7 Å². The summed E-state index contributed by atoms with van der Waals surface area (Å²) >= 11 is 3.67. The number of halogens is 1. The Balaban J connectivity index is 2.03. The van der Waals surface area contributed by atoms with E-state index in [9.17, 15) is 0 Å². The van der Waals surface area contributed by atoms with Gasteiger partial charge in [0.05, 0.1) is 6.61 Å². The third-order valence-corrected chi connectivity index (χ3v) is 5.38. The molecule has 1 fully saturated rings. The second-order valence-electron chi connectivity index (χ2n) is 6.91. The van der Waals surface area contributed by atoms with E-state index in [1.54, 1.807) is 0 Å². The van der Waals surface area contributed by atoms with Gasteiger partial charge < -0.3 is 4.74 Å². The lowest BCUT2D eigenvalue weighted by atomic mass is 9.87. The van der Waals surface area contributed by atoms with Crippen molar-refractivity contribution < 1.29 is 4.74 Å². The lowest BCUT2D eigenvalue weighted by molar-refractivity contribution is 0.173. The zero-order chi connectivity index (χ0) is 13.9. The molecule has 0 aromatic heterocycles. The Morgan fingerprint density at radius 3 is 2.47 bits per heavy atom. The molecule has 2 rings (SSSR count). The Morgan fingerprint density at radius 2 is 1.89 bits per heavy atom. The smallest absolute Gasteiger partial charge is 0.119 e. The number of benzene rings is 1. The molecular formula is C17H25BrO. The molecule has 0 unspecified atom stereocenters. The largest absolute Gasteiger partial charge is 0.493 e. The molecule has 1 nitrogen and oxygen atoms in total. The van der Waals surface area contributed by atoms with Crippen molar-refractivity contribution in [1.29, 1.82) is 0 Å². The van der Waals surface area contributed by atoms with Crippen LogP contribution in [0.15, 0.2) is 24.3 Å². The van der Waals surface area contributed by atoms with Crippen molar-refractivity contribution in [3.63, 3.8) is 0 Å². The van der Waals surface area contributed by atoms with Gasteiger partial charge in [-0.1, -0.05) is 61.7 Å². The van der Waals surface area contributed by atoms with Crippen molar-refractivity contribution in [3.05, 3.63) is 29.8 Å². The van der Waals surface area contributed by atoms with Crippen molar-refractivity contribution >= 4 is 15.9 Å². The van der Waals surface area contributed by atoms with E-state index in [0.29, 0.717) is 5.41 Å². The van der Waals surface area contributed by atoms with Gasteiger partial charge in [-0.05, 0) is 36.0 Å². The Bertz CT molecular complexity index is 414. The van der Waals surface area contributed by atoms with Gasteiger partial charge in [0.1, 0.15) is 5.75 Å². The van der Waals surface area contributed by atoms with Crippen LogP contribution in [0, 0.1) is 5.41 Å². The van der Waals surface area contributed by atoms with Gasteiger partial charge in [-0.15, -0.1) is 0 Å². The highest BCUT2D eigenvalue weighted by molar-refractivity contribution is 9.09. The molecule has 0 heterocycles.